The average Bonchev–Trinajstić information content (AvgIpc) is 2.48. The zero-order chi connectivity index (χ0) is 17.9. The van der Waals surface area contributed by atoms with Crippen LogP contribution < -0.4 is 4.72 Å². The molecule has 0 saturated heterocycles. The van der Waals surface area contributed by atoms with Crippen molar-refractivity contribution in [3.8, 4) is 0 Å². The lowest BCUT2D eigenvalue weighted by Crippen LogP contribution is -2.28. The molecule has 7 heteroatoms. The normalized spacial score (nSPS) is 12.8. The molecule has 2 aromatic rings. The van der Waals surface area contributed by atoms with Crippen molar-refractivity contribution in [1.29, 1.82) is 0 Å². The van der Waals surface area contributed by atoms with E-state index in [1.165, 1.54) is 18.2 Å². The van der Waals surface area contributed by atoms with E-state index in [2.05, 4.69) is 4.72 Å². The minimum atomic E-state index is -3.63. The van der Waals surface area contributed by atoms with Crippen molar-refractivity contribution >= 4 is 15.7 Å². The van der Waals surface area contributed by atoms with Crippen LogP contribution in [0.25, 0.3) is 0 Å². The van der Waals surface area contributed by atoms with E-state index in [4.69, 9.17) is 0 Å². The molecule has 0 aliphatic carbocycles. The third-order valence-electron chi connectivity index (χ3n) is 3.74. The molecule has 2 rings (SSSR count). The van der Waals surface area contributed by atoms with E-state index in [0.29, 0.717) is 5.56 Å². The monoisotopic (exact) mass is 348 g/mol. The molecule has 0 bridgehead atoms. The van der Waals surface area contributed by atoms with Crippen LogP contribution in [0.4, 0.5) is 5.69 Å². The Hall–Kier alpha value is -2.25. The van der Waals surface area contributed by atoms with Crippen LogP contribution in [0, 0.1) is 24.0 Å². The van der Waals surface area contributed by atoms with Gasteiger partial charge >= 0.3 is 0 Å². The Kier molecular flexibility index (Phi) is 5.36. The molecule has 0 radical (unpaired) electrons. The number of nitrogens with zero attached hydrogens (tertiary/aromatic N) is 1. The van der Waals surface area contributed by atoms with Gasteiger partial charge in [0.1, 0.15) is 0 Å². The Morgan fingerprint density at radius 1 is 1.17 bits per heavy atom. The highest BCUT2D eigenvalue weighted by Crippen LogP contribution is 2.21. The van der Waals surface area contributed by atoms with Crippen LogP contribution >= 0.6 is 0 Å². The highest BCUT2D eigenvalue weighted by atomic mass is 32.2. The fourth-order valence-electron chi connectivity index (χ4n) is 2.58. The van der Waals surface area contributed by atoms with Crippen LogP contribution in [0.15, 0.2) is 42.5 Å². The fraction of sp³-hybridized carbons (Fsp3) is 0.294. The van der Waals surface area contributed by atoms with E-state index in [1.54, 1.807) is 13.0 Å². The van der Waals surface area contributed by atoms with Crippen molar-refractivity contribution in [2.24, 2.45) is 0 Å². The van der Waals surface area contributed by atoms with E-state index in [0.717, 1.165) is 16.7 Å². The van der Waals surface area contributed by atoms with E-state index in [9.17, 15) is 18.5 Å². The summed E-state index contributed by atoms with van der Waals surface area (Å²) in [6.07, 6.45) is 0. The van der Waals surface area contributed by atoms with Crippen molar-refractivity contribution < 1.29 is 13.3 Å². The molecule has 24 heavy (non-hydrogen) atoms. The first-order valence-corrected chi connectivity index (χ1v) is 9.13. The molecule has 128 valence electrons. The van der Waals surface area contributed by atoms with Gasteiger partial charge in [-0.3, -0.25) is 10.1 Å². The van der Waals surface area contributed by atoms with Gasteiger partial charge in [0.2, 0.25) is 10.0 Å². The van der Waals surface area contributed by atoms with Gasteiger partial charge in [0, 0.05) is 18.2 Å². The number of nitro groups is 1. The molecule has 0 aliphatic rings. The molecule has 6 nitrogen and oxygen atoms in total. The zero-order valence-corrected chi connectivity index (χ0v) is 14.6. The largest absolute Gasteiger partial charge is 0.269 e. The lowest BCUT2D eigenvalue weighted by atomic mass is 10.0. The Morgan fingerprint density at radius 3 is 2.54 bits per heavy atom. The SMILES string of the molecule is Cc1ccc(C)c([C@H](C)NS(=O)(=O)Cc2cccc([N+](=O)[O-])c2)c1. The second kappa shape index (κ2) is 7.11. The first-order chi connectivity index (χ1) is 11.2. The molecule has 0 spiro atoms. The molecule has 0 aromatic heterocycles. The maximum atomic E-state index is 12.4. The predicted octanol–water partition coefficient (Wildman–Crippen LogP) is 3.39. The van der Waals surface area contributed by atoms with Gasteiger partial charge in [-0.1, -0.05) is 35.9 Å². The smallest absolute Gasteiger partial charge is 0.258 e. The molecule has 1 N–H and O–H groups in total. The summed E-state index contributed by atoms with van der Waals surface area (Å²) >= 11 is 0. The Bertz CT molecular complexity index is 863. The average molecular weight is 348 g/mol. The maximum Gasteiger partial charge on any atom is 0.269 e. The summed E-state index contributed by atoms with van der Waals surface area (Å²) in [5.74, 6) is -0.302. The lowest BCUT2D eigenvalue weighted by Gasteiger charge is -2.17. The first-order valence-electron chi connectivity index (χ1n) is 7.48. The molecular weight excluding hydrogens is 328 g/mol. The van der Waals surface area contributed by atoms with Gasteiger partial charge in [0.05, 0.1) is 10.7 Å². The fourth-order valence-corrected chi connectivity index (χ4v) is 3.95. The number of rotatable bonds is 6. The van der Waals surface area contributed by atoms with Gasteiger partial charge in [0.15, 0.2) is 0 Å². The van der Waals surface area contributed by atoms with Gasteiger partial charge in [0.25, 0.3) is 5.69 Å². The summed E-state index contributed by atoms with van der Waals surface area (Å²) in [5, 5.41) is 10.8. The topological polar surface area (TPSA) is 89.3 Å². The van der Waals surface area contributed by atoms with Crippen LogP contribution in [-0.2, 0) is 15.8 Å². The van der Waals surface area contributed by atoms with Gasteiger partial charge < -0.3 is 0 Å². The van der Waals surface area contributed by atoms with Crippen molar-refractivity contribution in [3.05, 3.63) is 74.8 Å². The standard InChI is InChI=1S/C17H20N2O4S/c1-12-7-8-13(2)17(9-12)14(3)18-24(22,23)11-15-5-4-6-16(10-15)19(20)21/h4-10,14,18H,11H2,1-3H3/t14-/m0/s1. The van der Waals surface area contributed by atoms with Crippen molar-refractivity contribution in [2.45, 2.75) is 32.6 Å². The molecule has 1 atom stereocenters. The number of benzene rings is 2. The summed E-state index contributed by atoms with van der Waals surface area (Å²) in [4.78, 5) is 10.3. The van der Waals surface area contributed by atoms with Crippen LogP contribution in [0.2, 0.25) is 0 Å². The summed E-state index contributed by atoms with van der Waals surface area (Å²) in [7, 11) is -3.63. The predicted molar refractivity (Wildman–Crippen MR) is 93.2 cm³/mol. The minimum Gasteiger partial charge on any atom is -0.258 e. The number of hydrogen-bond acceptors (Lipinski definition) is 4. The van der Waals surface area contributed by atoms with E-state index >= 15 is 0 Å². The molecule has 0 saturated carbocycles. The highest BCUT2D eigenvalue weighted by Gasteiger charge is 2.19. The van der Waals surface area contributed by atoms with E-state index in [-0.39, 0.29) is 17.5 Å². The summed E-state index contributed by atoms with van der Waals surface area (Å²) in [6.45, 7) is 5.67. The number of sulfonamides is 1. The molecule has 0 unspecified atom stereocenters. The molecule has 0 fully saturated rings. The Balaban J connectivity index is 2.17. The maximum absolute atomic E-state index is 12.4. The number of nitro benzene ring substituents is 1. The van der Waals surface area contributed by atoms with Gasteiger partial charge in [-0.2, -0.15) is 0 Å². The third kappa shape index (κ3) is 4.62. The lowest BCUT2D eigenvalue weighted by molar-refractivity contribution is -0.384. The zero-order valence-electron chi connectivity index (χ0n) is 13.8. The Morgan fingerprint density at radius 2 is 1.88 bits per heavy atom. The molecule has 2 aromatic carbocycles. The van der Waals surface area contributed by atoms with Gasteiger partial charge in [-0.05, 0) is 37.5 Å². The van der Waals surface area contributed by atoms with E-state index in [1.807, 2.05) is 32.0 Å². The number of nitrogens with one attached hydrogen (secondary N) is 1. The molecule has 0 amide bonds. The first kappa shape index (κ1) is 18.1. The van der Waals surface area contributed by atoms with E-state index < -0.39 is 14.9 Å². The molecular formula is C17H20N2O4S. The minimum absolute atomic E-state index is 0.120. The summed E-state index contributed by atoms with van der Waals surface area (Å²) < 4.78 is 27.4. The molecule has 0 aliphatic heterocycles. The highest BCUT2D eigenvalue weighted by molar-refractivity contribution is 7.88. The summed E-state index contributed by atoms with van der Waals surface area (Å²) in [6, 6.07) is 11.2. The van der Waals surface area contributed by atoms with Crippen LogP contribution in [0.5, 0.6) is 0 Å². The van der Waals surface area contributed by atoms with Crippen LogP contribution in [0.1, 0.15) is 35.2 Å². The Labute approximate surface area is 141 Å². The van der Waals surface area contributed by atoms with Crippen LogP contribution in [-0.4, -0.2) is 13.3 Å². The number of aryl methyl sites for hydroxylation is 2. The number of non-ortho nitro benzene ring substituents is 1. The van der Waals surface area contributed by atoms with Crippen LogP contribution in [0.3, 0.4) is 0 Å². The second-order valence-corrected chi connectivity index (χ2v) is 7.64. The molecule has 0 heterocycles. The third-order valence-corrected chi connectivity index (χ3v) is 5.16. The van der Waals surface area contributed by atoms with Gasteiger partial charge in [-0.25, -0.2) is 13.1 Å². The van der Waals surface area contributed by atoms with Crippen molar-refractivity contribution in [3.63, 3.8) is 0 Å². The second-order valence-electron chi connectivity index (χ2n) is 5.89. The van der Waals surface area contributed by atoms with Crippen molar-refractivity contribution in [2.75, 3.05) is 0 Å². The summed E-state index contributed by atoms with van der Waals surface area (Å²) in [5.41, 5.74) is 3.24. The number of hydrogen-bond donors (Lipinski definition) is 1. The van der Waals surface area contributed by atoms with Crippen molar-refractivity contribution in [1.82, 2.24) is 4.72 Å². The van der Waals surface area contributed by atoms with Gasteiger partial charge in [-0.15, -0.1) is 0 Å². The quantitative estimate of drug-likeness (QED) is 0.640.